The van der Waals surface area contributed by atoms with Crippen LogP contribution in [0.3, 0.4) is 0 Å². The maximum Gasteiger partial charge on any atom is 0.270 e. The van der Waals surface area contributed by atoms with Gasteiger partial charge in [0, 0.05) is 38.7 Å². The molecule has 3 heterocycles. The molecule has 1 aliphatic heterocycles. The van der Waals surface area contributed by atoms with Crippen LogP contribution >= 0.6 is 11.5 Å². The Balaban J connectivity index is 1.40. The molecule has 10 heteroatoms. The number of nitrogens with zero attached hydrogens (tertiary/aromatic N) is 5. The minimum absolute atomic E-state index is 0.147. The molecule has 0 unspecified atom stereocenters. The lowest BCUT2D eigenvalue weighted by molar-refractivity contribution is 0.0460. The maximum atomic E-state index is 13.0. The van der Waals surface area contributed by atoms with E-state index in [1.165, 1.54) is 23.7 Å². The maximum absolute atomic E-state index is 13.0. The van der Waals surface area contributed by atoms with Crippen LogP contribution in [0.4, 0.5) is 15.5 Å². The molecule has 2 aromatic rings. The second-order valence-electron chi connectivity index (χ2n) is 7.68. The van der Waals surface area contributed by atoms with E-state index < -0.39 is 17.8 Å². The molecule has 0 radical (unpaired) electrons. The highest BCUT2D eigenvalue weighted by Crippen LogP contribution is 2.39. The summed E-state index contributed by atoms with van der Waals surface area (Å²) in [5, 5.41) is 14.3. The molecule has 1 aliphatic carbocycles. The number of hydrogen-bond donors (Lipinski definition) is 2. The monoisotopic (exact) mass is 406 g/mol. The Bertz CT molecular complexity index is 845. The number of amides is 1. The van der Waals surface area contributed by atoms with Crippen molar-refractivity contribution in [1.29, 1.82) is 0 Å². The zero-order valence-electron chi connectivity index (χ0n) is 15.7. The van der Waals surface area contributed by atoms with E-state index in [2.05, 4.69) is 24.6 Å². The topological polar surface area (TPSA) is 94.5 Å². The molecular formula is C18H23FN6O2S. The van der Waals surface area contributed by atoms with Crippen molar-refractivity contribution in [3.8, 4) is 0 Å². The van der Waals surface area contributed by atoms with E-state index in [1.54, 1.807) is 0 Å². The molecule has 0 spiro atoms. The SMILES string of the molecule is CN(C)c1nsc(N2C[C@H]3C[C@H](O)[C@@H](NC(=O)c4ccc(F)cn4)C[C@H]3C2)n1. The van der Waals surface area contributed by atoms with Crippen molar-refractivity contribution in [2.75, 3.05) is 37.0 Å². The Hall–Kier alpha value is -2.33. The van der Waals surface area contributed by atoms with Gasteiger partial charge in [0.2, 0.25) is 11.1 Å². The van der Waals surface area contributed by atoms with E-state index in [0.717, 1.165) is 24.4 Å². The lowest BCUT2D eigenvalue weighted by atomic mass is 9.77. The summed E-state index contributed by atoms with van der Waals surface area (Å²) < 4.78 is 17.4. The summed E-state index contributed by atoms with van der Waals surface area (Å²) in [5.74, 6) is 0.543. The summed E-state index contributed by atoms with van der Waals surface area (Å²) in [6, 6.07) is 2.21. The molecule has 2 aliphatic rings. The molecule has 4 rings (SSSR count). The Labute approximate surface area is 166 Å². The second kappa shape index (κ2) is 7.59. The van der Waals surface area contributed by atoms with Gasteiger partial charge in [-0.15, -0.1) is 0 Å². The van der Waals surface area contributed by atoms with Gasteiger partial charge >= 0.3 is 0 Å². The van der Waals surface area contributed by atoms with Gasteiger partial charge in [0.05, 0.1) is 18.3 Å². The minimum atomic E-state index is -0.614. The summed E-state index contributed by atoms with van der Waals surface area (Å²) >= 11 is 1.38. The highest BCUT2D eigenvalue weighted by atomic mass is 32.1. The van der Waals surface area contributed by atoms with Crippen LogP contribution in [0.5, 0.6) is 0 Å². The number of carbonyl (C=O) groups excluding carboxylic acids is 1. The summed E-state index contributed by atoms with van der Waals surface area (Å²) in [7, 11) is 3.82. The van der Waals surface area contributed by atoms with E-state index >= 15 is 0 Å². The molecule has 28 heavy (non-hydrogen) atoms. The van der Waals surface area contributed by atoms with E-state index in [-0.39, 0.29) is 11.7 Å². The third-order valence-electron chi connectivity index (χ3n) is 5.49. The van der Waals surface area contributed by atoms with Crippen LogP contribution in [0.15, 0.2) is 18.3 Å². The molecule has 8 nitrogen and oxygen atoms in total. The zero-order valence-corrected chi connectivity index (χ0v) is 16.6. The number of fused-ring (bicyclic) bond motifs is 1. The third-order valence-corrected chi connectivity index (χ3v) is 6.26. The van der Waals surface area contributed by atoms with E-state index in [1.807, 2.05) is 19.0 Å². The van der Waals surface area contributed by atoms with Crippen molar-refractivity contribution >= 4 is 28.5 Å². The van der Waals surface area contributed by atoms with Crippen molar-refractivity contribution in [1.82, 2.24) is 19.7 Å². The summed E-state index contributed by atoms with van der Waals surface area (Å²) in [4.78, 5) is 24.9. The molecule has 2 aromatic heterocycles. The van der Waals surface area contributed by atoms with Crippen LogP contribution in [0.1, 0.15) is 23.3 Å². The average Bonchev–Trinajstić information content (AvgIpc) is 3.29. The number of aliphatic hydroxyl groups excluding tert-OH is 1. The first kappa shape index (κ1) is 19.0. The van der Waals surface area contributed by atoms with Crippen molar-refractivity contribution in [3.63, 3.8) is 0 Å². The smallest absolute Gasteiger partial charge is 0.270 e. The molecule has 4 atom stereocenters. The van der Waals surface area contributed by atoms with Crippen molar-refractivity contribution in [2.45, 2.75) is 25.0 Å². The van der Waals surface area contributed by atoms with Crippen LogP contribution in [-0.2, 0) is 0 Å². The fourth-order valence-electron chi connectivity index (χ4n) is 4.01. The molecule has 1 amide bonds. The number of aromatic nitrogens is 3. The van der Waals surface area contributed by atoms with Crippen LogP contribution in [0.25, 0.3) is 0 Å². The molecule has 150 valence electrons. The number of halogens is 1. The van der Waals surface area contributed by atoms with Crippen LogP contribution in [0, 0.1) is 17.7 Å². The quantitative estimate of drug-likeness (QED) is 0.786. The summed E-state index contributed by atoms with van der Waals surface area (Å²) in [6.45, 7) is 1.67. The van der Waals surface area contributed by atoms with Crippen molar-refractivity contribution in [3.05, 3.63) is 29.8 Å². The summed E-state index contributed by atoms with van der Waals surface area (Å²) in [6.07, 6.45) is 1.72. The highest BCUT2D eigenvalue weighted by Gasteiger charge is 2.43. The van der Waals surface area contributed by atoms with Gasteiger partial charge in [0.25, 0.3) is 5.91 Å². The molecule has 0 aromatic carbocycles. The largest absolute Gasteiger partial charge is 0.391 e. The van der Waals surface area contributed by atoms with Gasteiger partial charge in [-0.2, -0.15) is 9.36 Å². The molecular weight excluding hydrogens is 383 g/mol. The molecule has 2 fully saturated rings. The van der Waals surface area contributed by atoms with Crippen molar-refractivity contribution < 1.29 is 14.3 Å². The Kier molecular flexibility index (Phi) is 5.15. The van der Waals surface area contributed by atoms with Gasteiger partial charge in [-0.05, 0) is 36.8 Å². The van der Waals surface area contributed by atoms with Gasteiger partial charge in [0.1, 0.15) is 11.5 Å². The molecule has 1 saturated carbocycles. The van der Waals surface area contributed by atoms with Crippen LogP contribution in [-0.4, -0.2) is 64.7 Å². The number of hydrogen-bond acceptors (Lipinski definition) is 8. The normalized spacial score (nSPS) is 26.8. The van der Waals surface area contributed by atoms with E-state index in [4.69, 9.17) is 0 Å². The first-order valence-electron chi connectivity index (χ1n) is 9.27. The lowest BCUT2D eigenvalue weighted by Gasteiger charge is -2.35. The molecule has 2 N–H and O–H groups in total. The number of rotatable bonds is 4. The number of nitrogens with one attached hydrogen (secondary N) is 1. The van der Waals surface area contributed by atoms with Gasteiger partial charge in [-0.3, -0.25) is 4.79 Å². The second-order valence-corrected chi connectivity index (χ2v) is 8.41. The Morgan fingerprint density at radius 3 is 2.71 bits per heavy atom. The lowest BCUT2D eigenvalue weighted by Crippen LogP contribution is -2.49. The first-order valence-corrected chi connectivity index (χ1v) is 10.0. The predicted octanol–water partition coefficient (Wildman–Crippen LogP) is 1.14. The number of carbonyl (C=O) groups is 1. The predicted molar refractivity (Wildman–Crippen MR) is 104 cm³/mol. The standard InChI is InChI=1S/C18H23FN6O2S/c1-24(2)17-22-18(28-23-17)25-8-10-5-14(15(26)6-11(10)9-25)21-16(27)13-4-3-12(19)7-20-13/h3-4,7,10-11,14-15,26H,5-6,8-9H2,1-2H3,(H,21,27)/t10-,11+,14-,15-/m0/s1. The Morgan fingerprint density at radius 2 is 2.07 bits per heavy atom. The molecule has 0 bridgehead atoms. The first-order chi connectivity index (χ1) is 13.4. The van der Waals surface area contributed by atoms with Crippen LogP contribution in [0.2, 0.25) is 0 Å². The van der Waals surface area contributed by atoms with Gasteiger partial charge < -0.3 is 20.2 Å². The summed E-state index contributed by atoms with van der Waals surface area (Å²) in [5.41, 5.74) is 0.147. The molecule has 1 saturated heterocycles. The third kappa shape index (κ3) is 3.79. The highest BCUT2D eigenvalue weighted by molar-refractivity contribution is 7.09. The van der Waals surface area contributed by atoms with Gasteiger partial charge in [-0.1, -0.05) is 0 Å². The van der Waals surface area contributed by atoms with E-state index in [9.17, 15) is 14.3 Å². The zero-order chi connectivity index (χ0) is 19.8. The number of pyridine rings is 1. The van der Waals surface area contributed by atoms with Gasteiger partial charge in [-0.25, -0.2) is 9.37 Å². The van der Waals surface area contributed by atoms with Crippen LogP contribution < -0.4 is 15.1 Å². The minimum Gasteiger partial charge on any atom is -0.391 e. The fourth-order valence-corrected chi connectivity index (χ4v) is 4.77. The van der Waals surface area contributed by atoms with E-state index in [0.29, 0.717) is 30.6 Å². The van der Waals surface area contributed by atoms with Gasteiger partial charge in [0.15, 0.2) is 0 Å². The Morgan fingerprint density at radius 1 is 1.32 bits per heavy atom. The fraction of sp³-hybridized carbons (Fsp3) is 0.556. The number of anilines is 2. The number of aliphatic hydroxyl groups is 1. The van der Waals surface area contributed by atoms with Crippen molar-refractivity contribution in [2.24, 2.45) is 11.8 Å². The average molecular weight is 406 g/mol.